The fourth-order valence-corrected chi connectivity index (χ4v) is 4.00. The van der Waals surface area contributed by atoms with Gasteiger partial charge in [-0.25, -0.2) is 19.6 Å². The minimum atomic E-state index is -0.661. The number of amides is 1. The van der Waals surface area contributed by atoms with Gasteiger partial charge in [-0.15, -0.1) is 0 Å². The lowest BCUT2D eigenvalue weighted by molar-refractivity contribution is -0.137. The second kappa shape index (κ2) is 10.5. The third-order valence-electron chi connectivity index (χ3n) is 5.75. The summed E-state index contributed by atoms with van der Waals surface area (Å²) in [6, 6.07) is 8.86. The number of imidazole rings is 1. The Kier molecular flexibility index (Phi) is 7.23. The Morgan fingerprint density at radius 3 is 2.51 bits per heavy atom. The van der Waals surface area contributed by atoms with Crippen molar-refractivity contribution in [2.45, 2.75) is 65.6 Å². The summed E-state index contributed by atoms with van der Waals surface area (Å²) in [4.78, 5) is 57.1. The zero-order valence-electron chi connectivity index (χ0n) is 19.8. The summed E-state index contributed by atoms with van der Waals surface area (Å²) in [7, 11) is 0. The Bertz CT molecular complexity index is 1390. The van der Waals surface area contributed by atoms with E-state index in [-0.39, 0.29) is 42.2 Å². The number of fused-ring (bicyclic) bond motifs is 1. The van der Waals surface area contributed by atoms with E-state index in [1.165, 1.54) is 9.58 Å². The molecule has 1 aromatic carbocycles. The average Bonchev–Trinajstić information content (AvgIpc) is 3.22. The molecule has 0 aliphatic carbocycles. The van der Waals surface area contributed by atoms with Crippen molar-refractivity contribution in [3.05, 3.63) is 57.0 Å². The van der Waals surface area contributed by atoms with Gasteiger partial charge >= 0.3 is 11.7 Å². The predicted molar refractivity (Wildman–Crippen MR) is 130 cm³/mol. The van der Waals surface area contributed by atoms with Crippen LogP contribution in [0.25, 0.3) is 11.2 Å². The van der Waals surface area contributed by atoms with Crippen LogP contribution in [0, 0.1) is 0 Å². The normalized spacial score (nSPS) is 13.8. The van der Waals surface area contributed by atoms with Crippen molar-refractivity contribution in [1.82, 2.24) is 19.1 Å². The largest absolute Gasteiger partial charge is 0.453 e. The molecule has 184 valence electrons. The van der Waals surface area contributed by atoms with E-state index in [0.717, 1.165) is 12.8 Å². The van der Waals surface area contributed by atoms with Gasteiger partial charge in [-0.1, -0.05) is 38.5 Å². The molecule has 1 aliphatic heterocycles. The second-order valence-corrected chi connectivity index (χ2v) is 8.28. The first kappa shape index (κ1) is 24.1. The van der Waals surface area contributed by atoms with Crippen molar-refractivity contribution >= 4 is 34.4 Å². The lowest BCUT2D eigenvalue weighted by atomic mass is 10.1. The number of para-hydroxylation sites is 1. The molecule has 1 amide bonds. The van der Waals surface area contributed by atoms with Gasteiger partial charge in [0.1, 0.15) is 18.1 Å². The number of aromatic amines is 1. The van der Waals surface area contributed by atoms with Crippen LogP contribution in [0.4, 0.5) is 5.69 Å². The summed E-state index contributed by atoms with van der Waals surface area (Å²) < 4.78 is 8.64. The van der Waals surface area contributed by atoms with Crippen LogP contribution in [0.1, 0.15) is 51.8 Å². The summed E-state index contributed by atoms with van der Waals surface area (Å²) in [5, 5.41) is 5.43. The number of aromatic nitrogens is 4. The summed E-state index contributed by atoms with van der Waals surface area (Å²) in [6.45, 7) is 4.65. The molecule has 11 heteroatoms. The summed E-state index contributed by atoms with van der Waals surface area (Å²) in [6.07, 6.45) is 2.64. The highest BCUT2D eigenvalue weighted by Crippen LogP contribution is 2.20. The molecule has 11 nitrogen and oxygen atoms in total. The Morgan fingerprint density at radius 1 is 1.03 bits per heavy atom. The Balaban J connectivity index is 1.62. The van der Waals surface area contributed by atoms with Crippen LogP contribution >= 0.6 is 0 Å². The highest BCUT2D eigenvalue weighted by atomic mass is 16.5. The number of hydrazone groups is 1. The topological polar surface area (TPSA) is 132 Å². The van der Waals surface area contributed by atoms with Gasteiger partial charge in [0, 0.05) is 25.9 Å². The van der Waals surface area contributed by atoms with E-state index in [0.29, 0.717) is 31.0 Å². The van der Waals surface area contributed by atoms with Crippen molar-refractivity contribution in [2.24, 2.45) is 5.10 Å². The Labute approximate surface area is 201 Å². The van der Waals surface area contributed by atoms with Gasteiger partial charge in [0.25, 0.3) is 5.56 Å². The van der Waals surface area contributed by atoms with Crippen LogP contribution in [0.3, 0.4) is 0 Å². The zero-order chi connectivity index (χ0) is 24.9. The van der Waals surface area contributed by atoms with E-state index in [9.17, 15) is 19.2 Å². The van der Waals surface area contributed by atoms with Gasteiger partial charge in [0.15, 0.2) is 11.2 Å². The molecule has 0 radical (unpaired) electrons. The van der Waals surface area contributed by atoms with Crippen LogP contribution in [0.2, 0.25) is 0 Å². The molecular weight excluding hydrogens is 452 g/mol. The maximum atomic E-state index is 12.8. The van der Waals surface area contributed by atoms with E-state index < -0.39 is 17.2 Å². The Hall–Kier alpha value is -4.02. The molecule has 1 N–H and O–H groups in total. The van der Waals surface area contributed by atoms with E-state index in [4.69, 9.17) is 4.74 Å². The van der Waals surface area contributed by atoms with Crippen molar-refractivity contribution < 1.29 is 14.3 Å². The lowest BCUT2D eigenvalue weighted by Gasteiger charge is -2.22. The first-order valence-corrected chi connectivity index (χ1v) is 11.8. The number of hydrogen-bond acceptors (Lipinski definition) is 7. The third-order valence-corrected chi connectivity index (χ3v) is 5.75. The van der Waals surface area contributed by atoms with Crippen molar-refractivity contribution in [2.75, 3.05) is 5.01 Å². The van der Waals surface area contributed by atoms with Gasteiger partial charge in [-0.2, -0.15) is 5.10 Å². The molecule has 0 fully saturated rings. The second-order valence-electron chi connectivity index (χ2n) is 8.28. The highest BCUT2D eigenvalue weighted by Gasteiger charge is 2.27. The van der Waals surface area contributed by atoms with E-state index in [1.807, 2.05) is 19.9 Å². The number of unbranched alkanes of at least 4 members (excludes halogenated alkanes) is 1. The summed E-state index contributed by atoms with van der Waals surface area (Å²) in [5.74, 6) is -0.503. The third kappa shape index (κ3) is 4.93. The van der Waals surface area contributed by atoms with E-state index >= 15 is 0 Å². The van der Waals surface area contributed by atoms with Crippen LogP contribution < -0.4 is 16.3 Å². The Morgan fingerprint density at radius 2 is 1.80 bits per heavy atom. The molecule has 0 unspecified atom stereocenters. The highest BCUT2D eigenvalue weighted by molar-refractivity contribution is 6.37. The van der Waals surface area contributed by atoms with E-state index in [2.05, 4.69) is 15.1 Å². The maximum Gasteiger partial charge on any atom is 0.354 e. The minimum Gasteiger partial charge on any atom is -0.453 e. The van der Waals surface area contributed by atoms with Gasteiger partial charge in [0.2, 0.25) is 5.91 Å². The molecule has 0 atom stereocenters. The number of benzene rings is 1. The number of carbonyl (C=O) groups is 2. The summed E-state index contributed by atoms with van der Waals surface area (Å²) >= 11 is 0. The number of carbonyl (C=O) groups excluding carboxylic acids is 2. The molecule has 0 saturated carbocycles. The molecular formula is C24H28N6O5. The maximum absolute atomic E-state index is 12.8. The van der Waals surface area contributed by atoms with Crippen molar-refractivity contribution in [3.63, 3.8) is 0 Å². The number of aryl methyl sites for hydroxylation is 2. The number of nitrogens with one attached hydrogen (secondary N) is 1. The van der Waals surface area contributed by atoms with Crippen LogP contribution in [0.5, 0.6) is 0 Å². The minimum absolute atomic E-state index is 0.129. The molecule has 0 saturated heterocycles. The average molecular weight is 481 g/mol. The first-order chi connectivity index (χ1) is 16.9. The van der Waals surface area contributed by atoms with Gasteiger partial charge < -0.3 is 9.30 Å². The fourth-order valence-electron chi connectivity index (χ4n) is 4.00. The molecule has 35 heavy (non-hydrogen) atoms. The monoisotopic (exact) mass is 480 g/mol. The molecule has 3 heterocycles. The smallest absolute Gasteiger partial charge is 0.354 e. The number of anilines is 1. The SMILES string of the molecule is CCCCn1c(=O)[nH]c(=O)c2c1nc(COC(=O)C1=NN(c3ccccc3)C(=O)CC1)n2CCC. The number of H-pyrrole nitrogens is 1. The van der Waals surface area contributed by atoms with Crippen molar-refractivity contribution in [1.29, 1.82) is 0 Å². The number of ether oxygens (including phenoxy) is 1. The van der Waals surface area contributed by atoms with E-state index in [1.54, 1.807) is 28.8 Å². The van der Waals surface area contributed by atoms with Gasteiger partial charge in [0.05, 0.1) is 5.69 Å². The molecule has 2 aromatic heterocycles. The fraction of sp³-hybridized carbons (Fsp3) is 0.417. The number of esters is 1. The molecule has 4 rings (SSSR count). The quantitative estimate of drug-likeness (QED) is 0.468. The predicted octanol–water partition coefficient (Wildman–Crippen LogP) is 2.32. The van der Waals surface area contributed by atoms with Crippen LogP contribution in [0.15, 0.2) is 45.0 Å². The number of rotatable bonds is 9. The van der Waals surface area contributed by atoms with Crippen LogP contribution in [-0.4, -0.2) is 36.7 Å². The van der Waals surface area contributed by atoms with Gasteiger partial charge in [-0.3, -0.25) is 19.1 Å². The lowest BCUT2D eigenvalue weighted by Crippen LogP contribution is -2.35. The molecule has 1 aliphatic rings. The standard InChI is InChI=1S/C24H28N6O5/c1-3-5-14-29-21-20(22(32)26-24(29)34)28(13-4-2)18(25-21)15-35-23(33)17-11-12-19(31)30(27-17)16-9-7-6-8-10-16/h6-10H,3-5,11-15H2,1-2H3,(H,26,32,34). The number of hydrogen-bond donors (Lipinski definition) is 1. The summed E-state index contributed by atoms with van der Waals surface area (Å²) in [5.41, 5.74) is 0.223. The zero-order valence-corrected chi connectivity index (χ0v) is 19.8. The number of nitrogens with zero attached hydrogens (tertiary/aromatic N) is 5. The molecule has 0 bridgehead atoms. The molecule has 3 aromatic rings. The van der Waals surface area contributed by atoms with Crippen LogP contribution in [-0.2, 0) is 34.0 Å². The van der Waals surface area contributed by atoms with Crippen molar-refractivity contribution in [3.8, 4) is 0 Å². The first-order valence-electron chi connectivity index (χ1n) is 11.8. The van der Waals surface area contributed by atoms with Gasteiger partial charge in [-0.05, 0) is 25.0 Å². The molecule has 0 spiro atoms.